The van der Waals surface area contributed by atoms with Gasteiger partial charge in [0, 0.05) is 11.6 Å². The highest BCUT2D eigenvalue weighted by Gasteiger charge is 2.29. The maximum Gasteiger partial charge on any atom is 0.313 e. The van der Waals surface area contributed by atoms with Crippen LogP contribution in [0.1, 0.15) is 18.4 Å². The lowest BCUT2D eigenvalue weighted by atomic mass is 9.94. The van der Waals surface area contributed by atoms with Crippen molar-refractivity contribution < 1.29 is 28.2 Å². The number of carboxylic acids is 1. The van der Waals surface area contributed by atoms with Crippen LogP contribution in [0.2, 0.25) is 0 Å². The molecule has 0 heterocycles. The molecule has 1 unspecified atom stereocenters. The maximum atomic E-state index is 13.2. The molecular formula is C10H9F3O3. The van der Waals surface area contributed by atoms with Crippen molar-refractivity contribution >= 4 is 5.97 Å². The molecule has 0 aliphatic rings. The summed E-state index contributed by atoms with van der Waals surface area (Å²) in [6, 6.07) is 0.694. The van der Waals surface area contributed by atoms with E-state index in [1.165, 1.54) is 0 Å². The Kier molecular flexibility index (Phi) is 3.54. The van der Waals surface area contributed by atoms with Gasteiger partial charge in [-0.2, -0.15) is 0 Å². The number of benzene rings is 1. The second kappa shape index (κ2) is 4.52. The van der Waals surface area contributed by atoms with Crippen LogP contribution in [0.3, 0.4) is 0 Å². The minimum Gasteiger partial charge on any atom is -0.481 e. The highest BCUT2D eigenvalue weighted by Crippen LogP contribution is 2.25. The number of hydrogen-bond donors (Lipinski definition) is 2. The van der Waals surface area contributed by atoms with Gasteiger partial charge in [0.15, 0.2) is 11.6 Å². The first-order chi connectivity index (χ1) is 7.34. The average molecular weight is 234 g/mol. The number of aliphatic carboxylic acids is 1. The molecule has 0 saturated heterocycles. The van der Waals surface area contributed by atoms with Gasteiger partial charge in [0.2, 0.25) is 0 Å². The summed E-state index contributed by atoms with van der Waals surface area (Å²) in [5, 5.41) is 17.9. The Balaban J connectivity index is 3.30. The van der Waals surface area contributed by atoms with Crippen LogP contribution >= 0.6 is 0 Å². The molecule has 16 heavy (non-hydrogen) atoms. The number of carboxylic acid groups (broad SMARTS) is 1. The molecule has 0 aliphatic carbocycles. The zero-order valence-corrected chi connectivity index (χ0v) is 8.25. The van der Waals surface area contributed by atoms with Gasteiger partial charge in [-0.1, -0.05) is 0 Å². The van der Waals surface area contributed by atoms with Crippen molar-refractivity contribution in [1.82, 2.24) is 0 Å². The molecular weight excluding hydrogens is 225 g/mol. The van der Waals surface area contributed by atoms with E-state index < -0.39 is 41.0 Å². The SMILES string of the molecule is CC(O)[C@@H](C(=O)O)c1cc(F)c(F)cc1F. The lowest BCUT2D eigenvalue weighted by Gasteiger charge is -2.16. The van der Waals surface area contributed by atoms with E-state index in [-0.39, 0.29) is 6.07 Å². The normalized spacial score (nSPS) is 14.6. The quantitative estimate of drug-likeness (QED) is 0.782. The number of halogens is 3. The Morgan fingerprint density at radius 3 is 2.12 bits per heavy atom. The molecule has 1 aromatic rings. The van der Waals surface area contributed by atoms with E-state index in [1.54, 1.807) is 0 Å². The smallest absolute Gasteiger partial charge is 0.313 e. The van der Waals surface area contributed by atoms with Gasteiger partial charge in [0.25, 0.3) is 0 Å². The highest BCUT2D eigenvalue weighted by molar-refractivity contribution is 5.76. The van der Waals surface area contributed by atoms with Crippen molar-refractivity contribution in [1.29, 1.82) is 0 Å². The lowest BCUT2D eigenvalue weighted by Crippen LogP contribution is -2.24. The first-order valence-electron chi connectivity index (χ1n) is 4.40. The fourth-order valence-corrected chi connectivity index (χ4v) is 1.38. The summed E-state index contributed by atoms with van der Waals surface area (Å²) in [7, 11) is 0. The second-order valence-corrected chi connectivity index (χ2v) is 3.34. The molecule has 1 aromatic carbocycles. The standard InChI is InChI=1S/C10H9F3O3/c1-4(14)9(10(15)16)5-2-7(12)8(13)3-6(5)11/h2-4,9,14H,1H3,(H,15,16)/t4?,9-/m1/s1. The molecule has 0 spiro atoms. The number of hydrogen-bond acceptors (Lipinski definition) is 2. The van der Waals surface area contributed by atoms with Crippen molar-refractivity contribution in [3.8, 4) is 0 Å². The van der Waals surface area contributed by atoms with E-state index in [9.17, 15) is 18.0 Å². The van der Waals surface area contributed by atoms with E-state index in [0.29, 0.717) is 6.07 Å². The Labute approximate surface area is 89.1 Å². The molecule has 0 saturated carbocycles. The summed E-state index contributed by atoms with van der Waals surface area (Å²) in [6.07, 6.45) is -1.42. The van der Waals surface area contributed by atoms with Gasteiger partial charge in [-0.15, -0.1) is 0 Å². The van der Waals surface area contributed by atoms with E-state index in [0.717, 1.165) is 6.92 Å². The summed E-state index contributed by atoms with van der Waals surface area (Å²) in [4.78, 5) is 10.7. The summed E-state index contributed by atoms with van der Waals surface area (Å²) in [5.41, 5.74) is -0.582. The third-order valence-electron chi connectivity index (χ3n) is 2.12. The molecule has 88 valence electrons. The van der Waals surface area contributed by atoms with Gasteiger partial charge >= 0.3 is 5.97 Å². The third-order valence-corrected chi connectivity index (χ3v) is 2.12. The van der Waals surface area contributed by atoms with E-state index in [2.05, 4.69) is 0 Å². The monoisotopic (exact) mass is 234 g/mol. The third kappa shape index (κ3) is 2.33. The Hall–Kier alpha value is -1.56. The lowest BCUT2D eigenvalue weighted by molar-refractivity contribution is -0.141. The molecule has 3 nitrogen and oxygen atoms in total. The van der Waals surface area contributed by atoms with Crippen LogP contribution in [0.4, 0.5) is 13.2 Å². The Morgan fingerprint density at radius 2 is 1.69 bits per heavy atom. The fourth-order valence-electron chi connectivity index (χ4n) is 1.38. The summed E-state index contributed by atoms with van der Waals surface area (Å²) >= 11 is 0. The van der Waals surface area contributed by atoms with Gasteiger partial charge in [-0.25, -0.2) is 13.2 Å². The molecule has 2 N–H and O–H groups in total. The van der Waals surface area contributed by atoms with E-state index in [1.807, 2.05) is 0 Å². The van der Waals surface area contributed by atoms with Crippen LogP contribution in [0.5, 0.6) is 0 Å². The highest BCUT2D eigenvalue weighted by atomic mass is 19.2. The number of aliphatic hydroxyl groups excluding tert-OH is 1. The summed E-state index contributed by atoms with van der Waals surface area (Å²) in [6.45, 7) is 1.12. The zero-order valence-electron chi connectivity index (χ0n) is 8.25. The minimum atomic E-state index is -1.63. The van der Waals surface area contributed by atoms with Gasteiger partial charge in [-0.05, 0) is 13.0 Å². The second-order valence-electron chi connectivity index (χ2n) is 3.34. The van der Waals surface area contributed by atoms with Crippen LogP contribution in [0.15, 0.2) is 12.1 Å². The topological polar surface area (TPSA) is 57.5 Å². The Bertz CT molecular complexity index is 418. The van der Waals surface area contributed by atoms with E-state index >= 15 is 0 Å². The van der Waals surface area contributed by atoms with Gasteiger partial charge in [0.05, 0.1) is 6.10 Å². The Morgan fingerprint density at radius 1 is 1.19 bits per heavy atom. The van der Waals surface area contributed by atoms with Crippen molar-refractivity contribution in [2.45, 2.75) is 18.9 Å². The molecule has 6 heteroatoms. The summed E-state index contributed by atoms with van der Waals surface area (Å²) < 4.78 is 38.7. The van der Waals surface area contributed by atoms with Crippen LogP contribution in [0, 0.1) is 17.5 Å². The van der Waals surface area contributed by atoms with Crippen LogP contribution in [-0.4, -0.2) is 22.3 Å². The molecule has 0 bridgehead atoms. The zero-order chi connectivity index (χ0) is 12.5. The first-order valence-corrected chi connectivity index (χ1v) is 4.40. The van der Waals surface area contributed by atoms with Crippen LogP contribution in [0.25, 0.3) is 0 Å². The van der Waals surface area contributed by atoms with Crippen molar-refractivity contribution in [3.63, 3.8) is 0 Å². The van der Waals surface area contributed by atoms with Crippen molar-refractivity contribution in [2.75, 3.05) is 0 Å². The molecule has 0 amide bonds. The van der Waals surface area contributed by atoms with Crippen molar-refractivity contribution in [2.24, 2.45) is 0 Å². The summed E-state index contributed by atoms with van der Waals surface area (Å²) in [5.74, 6) is -7.11. The fraction of sp³-hybridized carbons (Fsp3) is 0.300. The average Bonchev–Trinajstić information content (AvgIpc) is 2.12. The number of aliphatic hydroxyl groups is 1. The van der Waals surface area contributed by atoms with Gasteiger partial charge < -0.3 is 10.2 Å². The number of carbonyl (C=O) groups is 1. The minimum absolute atomic E-state index is 0.253. The maximum absolute atomic E-state index is 13.2. The van der Waals surface area contributed by atoms with E-state index in [4.69, 9.17) is 10.2 Å². The van der Waals surface area contributed by atoms with Crippen molar-refractivity contribution in [3.05, 3.63) is 35.1 Å². The molecule has 0 aromatic heterocycles. The van der Waals surface area contributed by atoms with Crippen LogP contribution < -0.4 is 0 Å². The predicted octanol–water partition coefficient (Wildman–Crippen LogP) is 1.65. The van der Waals surface area contributed by atoms with Crippen LogP contribution in [-0.2, 0) is 4.79 Å². The molecule has 0 aliphatic heterocycles. The van der Waals surface area contributed by atoms with Gasteiger partial charge in [-0.3, -0.25) is 4.79 Å². The molecule has 2 atom stereocenters. The first kappa shape index (κ1) is 12.5. The molecule has 0 radical (unpaired) electrons. The molecule has 1 rings (SSSR count). The van der Waals surface area contributed by atoms with Gasteiger partial charge in [0.1, 0.15) is 11.7 Å². The number of rotatable bonds is 3. The predicted molar refractivity (Wildman–Crippen MR) is 48.4 cm³/mol. The molecule has 0 fully saturated rings. The largest absolute Gasteiger partial charge is 0.481 e.